The maximum atomic E-state index is 10.5. The van der Waals surface area contributed by atoms with E-state index in [1.807, 2.05) is 0 Å². The lowest BCUT2D eigenvalue weighted by Gasteiger charge is -2.13. The first-order valence-electron chi connectivity index (χ1n) is 4.54. The van der Waals surface area contributed by atoms with E-state index >= 15 is 0 Å². The monoisotopic (exact) mass is 257 g/mol. The minimum Gasteiger partial charge on any atom is -0.769 e. The molecule has 0 saturated heterocycles. The standard InChI is InChI=1S/C3H8S2.C2H6O2.C2H5O.Al.O/c1-2-3-5-4;1-2-4-3;1-2-3;;/h4H,2-3H2,1H3;3H,2H2,1H3;2H2,1H3;;/q;;-1;+1;/p-1. The van der Waals surface area contributed by atoms with Crippen molar-refractivity contribution >= 4 is 37.2 Å². The third kappa shape index (κ3) is 18.4. The lowest BCUT2D eigenvalue weighted by Crippen LogP contribution is -2.12. The Labute approximate surface area is 99.7 Å². The summed E-state index contributed by atoms with van der Waals surface area (Å²) in [6.45, 7) is 6.41. The lowest BCUT2D eigenvalue weighted by molar-refractivity contribution is -0.224. The highest BCUT2D eigenvalue weighted by Gasteiger charge is 2.01. The SMILES string of the molecule is CCCSS.CCO[O][Al-](=[O])[O]CC. The van der Waals surface area contributed by atoms with Crippen molar-refractivity contribution in [2.45, 2.75) is 27.2 Å². The molecule has 0 rings (SSSR count). The highest BCUT2D eigenvalue weighted by molar-refractivity contribution is 8.68. The van der Waals surface area contributed by atoms with Gasteiger partial charge in [-0.1, -0.05) is 17.7 Å². The smallest absolute Gasteiger partial charge is 0.769 e. The van der Waals surface area contributed by atoms with E-state index in [1.54, 1.807) is 24.6 Å². The molecule has 0 atom stereocenters. The molecule has 0 fully saturated rings. The number of hydrogen-bond acceptors (Lipinski definition) is 6. The van der Waals surface area contributed by atoms with Crippen molar-refractivity contribution in [2.24, 2.45) is 0 Å². The summed E-state index contributed by atoms with van der Waals surface area (Å²) in [5, 5.41) is 0. The van der Waals surface area contributed by atoms with Gasteiger partial charge in [0.1, 0.15) is 0 Å². The second kappa shape index (κ2) is 16.0. The summed E-state index contributed by atoms with van der Waals surface area (Å²) in [6, 6.07) is 0. The number of rotatable bonds is 7. The van der Waals surface area contributed by atoms with Crippen LogP contribution in [-0.4, -0.2) is 33.7 Å². The van der Waals surface area contributed by atoms with E-state index in [2.05, 4.69) is 31.2 Å². The molecule has 0 bridgehead atoms. The molecule has 0 aliphatic rings. The average molecular weight is 257 g/mol. The summed E-state index contributed by atoms with van der Waals surface area (Å²) < 4.78 is 19.3. The first kappa shape index (κ1) is 17.0. The van der Waals surface area contributed by atoms with Gasteiger partial charge in [0.05, 0.1) is 6.61 Å². The summed E-state index contributed by atoms with van der Waals surface area (Å²) in [7, 11) is 1.60. The Kier molecular flexibility index (Phi) is 19.5. The Morgan fingerprint density at radius 2 is 1.93 bits per heavy atom. The van der Waals surface area contributed by atoms with Crippen LogP contribution in [0.25, 0.3) is 0 Å². The fourth-order valence-electron chi connectivity index (χ4n) is 0.379. The van der Waals surface area contributed by atoms with Crippen molar-refractivity contribution in [1.29, 1.82) is 0 Å². The van der Waals surface area contributed by atoms with Gasteiger partial charge in [0.25, 0.3) is 0 Å². The molecular weight excluding hydrogens is 239 g/mol. The molecule has 0 spiro atoms. The number of hydrogen-bond donors (Lipinski definition) is 1. The van der Waals surface area contributed by atoms with Crippen molar-refractivity contribution < 1.29 is 16.4 Å². The highest BCUT2D eigenvalue weighted by atomic mass is 33.1. The molecule has 0 aromatic heterocycles. The summed E-state index contributed by atoms with van der Waals surface area (Å²) in [5.74, 6) is 1.17. The van der Waals surface area contributed by atoms with Crippen LogP contribution >= 0.6 is 22.5 Å². The molecule has 4 nitrogen and oxygen atoms in total. The van der Waals surface area contributed by atoms with Crippen LogP contribution < -0.4 is 0 Å². The van der Waals surface area contributed by atoms with Crippen molar-refractivity contribution in [3.8, 4) is 0 Å². The molecule has 0 N–H and O–H groups in total. The normalized spacial score (nSPS) is 8.57. The largest absolute Gasteiger partial charge is 0.840 e. The van der Waals surface area contributed by atoms with Gasteiger partial charge in [-0.05, 0) is 20.3 Å². The molecule has 0 aromatic rings. The van der Waals surface area contributed by atoms with Gasteiger partial charge in [-0.2, -0.15) is 0 Å². The van der Waals surface area contributed by atoms with Gasteiger partial charge in [0.2, 0.25) is 0 Å². The zero-order valence-electron chi connectivity index (χ0n) is 8.89. The minimum absolute atomic E-state index is 0.388. The van der Waals surface area contributed by atoms with Crippen LogP contribution in [-0.2, 0) is 16.4 Å². The quantitative estimate of drug-likeness (QED) is 0.249. The fourth-order valence-corrected chi connectivity index (χ4v) is 1.68. The zero-order chi connectivity index (χ0) is 11.2. The van der Waals surface area contributed by atoms with Gasteiger partial charge in [-0.15, -0.1) is 11.7 Å². The van der Waals surface area contributed by atoms with Gasteiger partial charge < -0.3 is 11.5 Å². The minimum atomic E-state index is -2.69. The van der Waals surface area contributed by atoms with Crippen LogP contribution in [0.2, 0.25) is 0 Å². The second-order valence-corrected chi connectivity index (χ2v) is 4.62. The third-order valence-corrected chi connectivity index (χ3v) is 2.90. The Balaban J connectivity index is 0. The van der Waals surface area contributed by atoms with Gasteiger partial charge in [0.15, 0.2) is 0 Å². The third-order valence-electron chi connectivity index (χ3n) is 0.863. The molecule has 0 aliphatic carbocycles. The lowest BCUT2D eigenvalue weighted by atomic mass is 10.6. The Hall–Kier alpha value is 0.592. The van der Waals surface area contributed by atoms with Crippen LogP contribution in [0, 0.1) is 0 Å². The second-order valence-electron chi connectivity index (χ2n) is 2.08. The van der Waals surface area contributed by atoms with E-state index in [1.165, 1.54) is 12.2 Å². The molecule has 14 heavy (non-hydrogen) atoms. The molecule has 86 valence electrons. The van der Waals surface area contributed by atoms with Crippen molar-refractivity contribution in [2.75, 3.05) is 19.0 Å². The van der Waals surface area contributed by atoms with E-state index < -0.39 is 14.8 Å². The molecule has 0 unspecified atom stereocenters. The first-order valence-corrected chi connectivity index (χ1v) is 8.00. The van der Waals surface area contributed by atoms with E-state index in [0.717, 1.165) is 0 Å². The molecular formula is C7H18AlO4S2-. The van der Waals surface area contributed by atoms with E-state index in [0.29, 0.717) is 13.2 Å². The summed E-state index contributed by atoms with van der Waals surface area (Å²) >= 11 is 1.23. The van der Waals surface area contributed by atoms with Crippen LogP contribution in [0.5, 0.6) is 0 Å². The van der Waals surface area contributed by atoms with E-state index in [4.69, 9.17) is 0 Å². The topological polar surface area (TPSA) is 44.8 Å². The highest BCUT2D eigenvalue weighted by Crippen LogP contribution is 2.04. The summed E-state index contributed by atoms with van der Waals surface area (Å²) in [6.07, 6.45) is 1.23. The maximum Gasteiger partial charge on any atom is 0.840 e. The fraction of sp³-hybridized carbons (Fsp3) is 1.00. The van der Waals surface area contributed by atoms with E-state index in [-0.39, 0.29) is 0 Å². The van der Waals surface area contributed by atoms with Gasteiger partial charge in [-0.25, -0.2) is 0 Å². The van der Waals surface area contributed by atoms with Gasteiger partial charge in [-0.3, -0.25) is 4.89 Å². The Morgan fingerprint density at radius 3 is 2.21 bits per heavy atom. The first-order chi connectivity index (χ1) is 6.72. The van der Waals surface area contributed by atoms with Crippen molar-refractivity contribution in [3.05, 3.63) is 0 Å². The van der Waals surface area contributed by atoms with Crippen molar-refractivity contribution in [3.63, 3.8) is 0 Å². The van der Waals surface area contributed by atoms with Crippen molar-refractivity contribution in [1.82, 2.24) is 0 Å². The molecule has 0 aliphatic heterocycles. The predicted octanol–water partition coefficient (Wildman–Crippen LogP) is 2.38. The Bertz CT molecular complexity index is 124. The molecule has 0 saturated carbocycles. The zero-order valence-corrected chi connectivity index (χ0v) is 11.8. The number of thiol groups is 1. The molecule has 0 aromatic carbocycles. The van der Waals surface area contributed by atoms with Gasteiger partial charge >= 0.3 is 14.8 Å². The van der Waals surface area contributed by atoms with Gasteiger partial charge in [0, 0.05) is 12.4 Å². The van der Waals surface area contributed by atoms with Crippen LogP contribution in [0.4, 0.5) is 0 Å². The maximum absolute atomic E-state index is 10.5. The molecule has 7 heteroatoms. The Morgan fingerprint density at radius 1 is 1.29 bits per heavy atom. The average Bonchev–Trinajstić information content (AvgIpc) is 2.17. The summed E-state index contributed by atoms with van der Waals surface area (Å²) in [4.78, 5) is 4.37. The molecule has 0 amide bonds. The van der Waals surface area contributed by atoms with Crippen LogP contribution in [0.3, 0.4) is 0 Å². The predicted molar refractivity (Wildman–Crippen MR) is 62.5 cm³/mol. The summed E-state index contributed by atoms with van der Waals surface area (Å²) in [5.41, 5.74) is 0. The van der Waals surface area contributed by atoms with Crippen LogP contribution in [0.1, 0.15) is 27.2 Å². The molecule has 0 radical (unpaired) electrons. The van der Waals surface area contributed by atoms with E-state index in [9.17, 15) is 3.80 Å². The molecule has 0 heterocycles. The van der Waals surface area contributed by atoms with Crippen LogP contribution in [0.15, 0.2) is 0 Å².